The summed E-state index contributed by atoms with van der Waals surface area (Å²) in [6.07, 6.45) is 0.942. The van der Waals surface area contributed by atoms with E-state index in [1.807, 2.05) is 25.1 Å². The Labute approximate surface area is 166 Å². The van der Waals surface area contributed by atoms with Crippen LogP contribution in [0.5, 0.6) is 5.75 Å². The third kappa shape index (κ3) is 5.07. The van der Waals surface area contributed by atoms with E-state index in [-0.39, 0.29) is 42.7 Å². The predicted molar refractivity (Wildman–Crippen MR) is 107 cm³/mol. The fraction of sp³-hybridized carbons (Fsp3) is 0.588. The number of anilines is 1. The number of hydrogen-bond acceptors (Lipinski definition) is 4. The third-order valence-electron chi connectivity index (χ3n) is 4.95. The molecule has 2 aliphatic rings. The van der Waals surface area contributed by atoms with Crippen molar-refractivity contribution in [3.8, 4) is 5.75 Å². The molecule has 2 saturated heterocycles. The summed E-state index contributed by atoms with van der Waals surface area (Å²) in [6, 6.07) is 5.82. The summed E-state index contributed by atoms with van der Waals surface area (Å²) < 4.78 is 5.43. The standard InChI is InChI=1S/C17H24ClN3O2.2ClH/c1-11(12-8-19-9-12)17(22)20-14-5-6-21(10-14)15-7-13(18)3-4-16(15)23-2;;/h3-4,7,11-12,14,19H,5-6,8-10H2,1-2H3,(H,20,22);2*1H. The van der Waals surface area contributed by atoms with Crippen LogP contribution in [0.1, 0.15) is 13.3 Å². The quantitative estimate of drug-likeness (QED) is 0.784. The first-order valence-corrected chi connectivity index (χ1v) is 8.56. The van der Waals surface area contributed by atoms with E-state index in [0.717, 1.165) is 44.0 Å². The van der Waals surface area contributed by atoms with Gasteiger partial charge < -0.3 is 20.3 Å². The van der Waals surface area contributed by atoms with Crippen molar-refractivity contribution in [3.05, 3.63) is 23.2 Å². The van der Waals surface area contributed by atoms with Crippen LogP contribution in [0.25, 0.3) is 0 Å². The molecule has 1 amide bonds. The Morgan fingerprint density at radius 3 is 2.72 bits per heavy atom. The van der Waals surface area contributed by atoms with E-state index in [9.17, 15) is 4.79 Å². The number of benzene rings is 1. The number of carbonyl (C=O) groups is 1. The van der Waals surface area contributed by atoms with Gasteiger partial charge in [-0.2, -0.15) is 0 Å². The number of methoxy groups -OCH3 is 1. The van der Waals surface area contributed by atoms with Gasteiger partial charge in [-0.3, -0.25) is 4.79 Å². The van der Waals surface area contributed by atoms with E-state index >= 15 is 0 Å². The first-order valence-electron chi connectivity index (χ1n) is 8.18. The molecule has 2 heterocycles. The maximum absolute atomic E-state index is 12.4. The number of nitrogens with zero attached hydrogens (tertiary/aromatic N) is 1. The zero-order valence-corrected chi connectivity index (χ0v) is 16.8. The van der Waals surface area contributed by atoms with Gasteiger partial charge in [-0.1, -0.05) is 18.5 Å². The largest absolute Gasteiger partial charge is 0.495 e. The minimum atomic E-state index is 0. The van der Waals surface area contributed by atoms with Crippen molar-refractivity contribution in [1.82, 2.24) is 10.6 Å². The van der Waals surface area contributed by atoms with Gasteiger partial charge in [0.25, 0.3) is 0 Å². The monoisotopic (exact) mass is 409 g/mol. The highest BCUT2D eigenvalue weighted by Gasteiger charge is 2.32. The second-order valence-corrected chi connectivity index (χ2v) is 6.90. The topological polar surface area (TPSA) is 53.6 Å². The summed E-state index contributed by atoms with van der Waals surface area (Å²) in [5, 5.41) is 7.11. The Kier molecular flexibility index (Phi) is 8.61. The van der Waals surface area contributed by atoms with Crippen LogP contribution >= 0.6 is 36.4 Å². The average molecular weight is 411 g/mol. The molecule has 0 radical (unpaired) electrons. The molecule has 0 aromatic heterocycles. The Balaban J connectivity index is 0.00000156. The van der Waals surface area contributed by atoms with Crippen LogP contribution in [0.15, 0.2) is 18.2 Å². The number of rotatable bonds is 5. The van der Waals surface area contributed by atoms with Crippen molar-refractivity contribution in [2.24, 2.45) is 11.8 Å². The zero-order valence-electron chi connectivity index (χ0n) is 14.5. The van der Waals surface area contributed by atoms with E-state index in [1.165, 1.54) is 0 Å². The summed E-state index contributed by atoms with van der Waals surface area (Å²) in [5.41, 5.74) is 0.994. The molecule has 1 aromatic carbocycles. The van der Waals surface area contributed by atoms with Crippen molar-refractivity contribution in [1.29, 1.82) is 0 Å². The highest BCUT2D eigenvalue weighted by molar-refractivity contribution is 6.30. The maximum atomic E-state index is 12.4. The summed E-state index contributed by atoms with van der Waals surface area (Å²) >= 11 is 6.11. The molecule has 1 aromatic rings. The molecule has 3 rings (SSSR count). The van der Waals surface area contributed by atoms with E-state index < -0.39 is 0 Å². The predicted octanol–water partition coefficient (Wildman–Crippen LogP) is 2.74. The van der Waals surface area contributed by atoms with Crippen molar-refractivity contribution in [2.75, 3.05) is 38.2 Å². The molecule has 2 fully saturated rings. The number of ether oxygens (including phenoxy) is 1. The smallest absolute Gasteiger partial charge is 0.223 e. The van der Waals surface area contributed by atoms with E-state index in [4.69, 9.17) is 16.3 Å². The summed E-state index contributed by atoms with van der Waals surface area (Å²) in [6.45, 7) is 5.60. The zero-order chi connectivity index (χ0) is 16.4. The molecule has 2 atom stereocenters. The third-order valence-corrected chi connectivity index (χ3v) is 5.19. The fourth-order valence-electron chi connectivity index (χ4n) is 3.22. The minimum Gasteiger partial charge on any atom is -0.495 e. The second-order valence-electron chi connectivity index (χ2n) is 6.46. The van der Waals surface area contributed by atoms with Gasteiger partial charge in [-0.25, -0.2) is 0 Å². The minimum absolute atomic E-state index is 0. The van der Waals surface area contributed by atoms with Crippen LogP contribution in [-0.4, -0.2) is 45.2 Å². The normalized spacial score (nSPS) is 20.8. The van der Waals surface area contributed by atoms with Gasteiger partial charge in [0.1, 0.15) is 5.75 Å². The van der Waals surface area contributed by atoms with Gasteiger partial charge in [0.2, 0.25) is 5.91 Å². The van der Waals surface area contributed by atoms with Crippen molar-refractivity contribution >= 4 is 48.0 Å². The van der Waals surface area contributed by atoms with Crippen LogP contribution in [0.2, 0.25) is 5.02 Å². The number of hydrogen-bond donors (Lipinski definition) is 2. The van der Waals surface area contributed by atoms with E-state index in [2.05, 4.69) is 15.5 Å². The number of nitrogens with one attached hydrogen (secondary N) is 2. The molecule has 2 aliphatic heterocycles. The van der Waals surface area contributed by atoms with Crippen LogP contribution < -0.4 is 20.3 Å². The number of carbonyl (C=O) groups excluding carboxylic acids is 1. The van der Waals surface area contributed by atoms with Crippen LogP contribution in [0.3, 0.4) is 0 Å². The SMILES string of the molecule is COc1ccc(Cl)cc1N1CCC(NC(=O)C(C)C2CNC2)C1.Cl.Cl. The van der Waals surface area contributed by atoms with Crippen LogP contribution in [-0.2, 0) is 4.79 Å². The Morgan fingerprint density at radius 1 is 1.40 bits per heavy atom. The maximum Gasteiger partial charge on any atom is 0.223 e. The first kappa shape index (κ1) is 22.2. The lowest BCUT2D eigenvalue weighted by Crippen LogP contribution is -2.51. The van der Waals surface area contributed by atoms with Crippen molar-refractivity contribution < 1.29 is 9.53 Å². The summed E-state index contributed by atoms with van der Waals surface area (Å²) in [4.78, 5) is 14.6. The lowest BCUT2D eigenvalue weighted by Gasteiger charge is -2.32. The second kappa shape index (κ2) is 9.72. The van der Waals surface area contributed by atoms with Gasteiger partial charge in [0, 0.05) is 30.1 Å². The molecule has 2 unspecified atom stereocenters. The number of amides is 1. The molecule has 142 valence electrons. The molecule has 0 spiro atoms. The average Bonchev–Trinajstić information content (AvgIpc) is 2.93. The van der Waals surface area contributed by atoms with Crippen molar-refractivity contribution in [2.45, 2.75) is 19.4 Å². The Hall–Kier alpha value is -0.880. The van der Waals surface area contributed by atoms with Crippen LogP contribution in [0, 0.1) is 11.8 Å². The molecule has 0 aliphatic carbocycles. The molecular formula is C17H26Cl3N3O2. The molecule has 5 nitrogen and oxygen atoms in total. The Bertz CT molecular complexity index is 584. The fourth-order valence-corrected chi connectivity index (χ4v) is 3.38. The summed E-state index contributed by atoms with van der Waals surface area (Å²) in [7, 11) is 1.66. The van der Waals surface area contributed by atoms with Gasteiger partial charge in [0.15, 0.2) is 0 Å². The molecular weight excluding hydrogens is 385 g/mol. The number of halogens is 3. The van der Waals surface area contributed by atoms with Gasteiger partial charge in [-0.05, 0) is 43.6 Å². The lowest BCUT2D eigenvalue weighted by molar-refractivity contribution is -0.127. The lowest BCUT2D eigenvalue weighted by atomic mass is 9.88. The van der Waals surface area contributed by atoms with E-state index in [0.29, 0.717) is 10.9 Å². The molecule has 0 saturated carbocycles. The molecule has 8 heteroatoms. The molecule has 25 heavy (non-hydrogen) atoms. The summed E-state index contributed by atoms with van der Waals surface area (Å²) in [5.74, 6) is 1.53. The highest BCUT2D eigenvalue weighted by Crippen LogP contribution is 2.33. The first-order chi connectivity index (χ1) is 11.1. The van der Waals surface area contributed by atoms with Gasteiger partial charge in [-0.15, -0.1) is 24.8 Å². The van der Waals surface area contributed by atoms with Crippen molar-refractivity contribution in [3.63, 3.8) is 0 Å². The van der Waals surface area contributed by atoms with Crippen LogP contribution in [0.4, 0.5) is 5.69 Å². The van der Waals surface area contributed by atoms with Gasteiger partial charge >= 0.3 is 0 Å². The molecule has 2 N–H and O–H groups in total. The van der Waals surface area contributed by atoms with E-state index in [1.54, 1.807) is 7.11 Å². The highest BCUT2D eigenvalue weighted by atomic mass is 35.5. The Morgan fingerprint density at radius 2 is 2.12 bits per heavy atom. The van der Waals surface area contributed by atoms with Gasteiger partial charge in [0.05, 0.1) is 12.8 Å². The molecule has 0 bridgehead atoms.